The maximum absolute atomic E-state index is 12.5. The molecule has 0 saturated carbocycles. The molecule has 0 unspecified atom stereocenters. The monoisotopic (exact) mass is 355 g/mol. The Morgan fingerprint density at radius 3 is 2.56 bits per heavy atom. The van der Waals surface area contributed by atoms with Crippen LogP contribution in [0.25, 0.3) is 0 Å². The molecule has 2 bridgehead atoms. The number of amides is 1. The maximum Gasteiger partial charge on any atom is 0.410 e. The Morgan fingerprint density at radius 2 is 2.00 bits per heavy atom. The van der Waals surface area contributed by atoms with Crippen LogP contribution in [0.5, 0.6) is 5.75 Å². The van der Waals surface area contributed by atoms with Crippen LogP contribution >= 0.6 is 0 Å². The van der Waals surface area contributed by atoms with Crippen molar-refractivity contribution >= 4 is 17.5 Å². The van der Waals surface area contributed by atoms with E-state index in [4.69, 9.17) is 10.5 Å². The number of benzene rings is 1. The molecule has 2 aliphatic heterocycles. The number of halogens is 2. The molecule has 1 amide bonds. The Morgan fingerprint density at radius 1 is 1.28 bits per heavy atom. The summed E-state index contributed by atoms with van der Waals surface area (Å²) in [6.45, 7) is 3.77. The zero-order valence-electron chi connectivity index (χ0n) is 14.5. The second-order valence-corrected chi connectivity index (χ2v) is 7.43. The zero-order chi connectivity index (χ0) is 18.4. The average molecular weight is 355 g/mol. The number of rotatable bonds is 3. The van der Waals surface area contributed by atoms with E-state index in [-0.39, 0.29) is 29.6 Å². The lowest BCUT2D eigenvalue weighted by Gasteiger charge is -2.36. The fourth-order valence-corrected chi connectivity index (χ4v) is 3.43. The molecule has 2 atom stereocenters. The highest BCUT2D eigenvalue weighted by Gasteiger charge is 2.46. The largest absolute Gasteiger partial charge is 0.444 e. The van der Waals surface area contributed by atoms with Crippen molar-refractivity contribution in [3.8, 4) is 5.75 Å². The van der Waals surface area contributed by atoms with Gasteiger partial charge in [-0.15, -0.1) is 0 Å². The fraction of sp³-hybridized carbons (Fsp3) is 0.588. The molecule has 0 spiro atoms. The van der Waals surface area contributed by atoms with Gasteiger partial charge in [0.05, 0.1) is 11.7 Å². The molecular formula is C17H23F2N3O3. The molecule has 2 saturated heterocycles. The van der Waals surface area contributed by atoms with Crippen LogP contribution < -0.4 is 15.4 Å². The second kappa shape index (κ2) is 6.24. The first-order chi connectivity index (χ1) is 11.6. The number of anilines is 2. The average Bonchev–Trinajstić information content (AvgIpc) is 3.07. The van der Waals surface area contributed by atoms with Crippen LogP contribution in [-0.2, 0) is 4.74 Å². The predicted octanol–water partition coefficient (Wildman–Crippen LogP) is 3.07. The minimum atomic E-state index is -2.92. The molecular weight excluding hydrogens is 332 g/mol. The second-order valence-electron chi connectivity index (χ2n) is 7.43. The van der Waals surface area contributed by atoms with Gasteiger partial charge in [-0.05, 0) is 39.3 Å². The minimum absolute atomic E-state index is 0.0285. The highest BCUT2D eigenvalue weighted by molar-refractivity contribution is 5.71. The lowest BCUT2D eigenvalue weighted by atomic mass is 10.2. The summed E-state index contributed by atoms with van der Waals surface area (Å²) in [6.07, 6.45) is 0.521. The molecule has 0 aliphatic carbocycles. The van der Waals surface area contributed by atoms with E-state index in [0.717, 1.165) is 12.1 Å². The Kier molecular flexibility index (Phi) is 4.38. The van der Waals surface area contributed by atoms with Gasteiger partial charge in [-0.2, -0.15) is 8.78 Å². The zero-order valence-corrected chi connectivity index (χ0v) is 14.5. The van der Waals surface area contributed by atoms with Crippen LogP contribution in [0, 0.1) is 0 Å². The van der Waals surface area contributed by atoms with E-state index >= 15 is 0 Å². The number of nitrogens with two attached hydrogens (primary N) is 1. The van der Waals surface area contributed by atoms with Gasteiger partial charge in [0, 0.05) is 30.9 Å². The van der Waals surface area contributed by atoms with Crippen molar-refractivity contribution < 1.29 is 23.0 Å². The first kappa shape index (κ1) is 17.6. The number of carbonyl (C=O) groups excluding carboxylic acids is 1. The van der Waals surface area contributed by atoms with E-state index < -0.39 is 12.2 Å². The van der Waals surface area contributed by atoms with Crippen molar-refractivity contribution in [1.82, 2.24) is 4.90 Å². The summed E-state index contributed by atoms with van der Waals surface area (Å²) in [5, 5.41) is 0. The van der Waals surface area contributed by atoms with Gasteiger partial charge in [0.1, 0.15) is 5.60 Å². The van der Waals surface area contributed by atoms with Gasteiger partial charge in [-0.3, -0.25) is 0 Å². The first-order valence-electron chi connectivity index (χ1n) is 8.24. The van der Waals surface area contributed by atoms with E-state index in [1.54, 1.807) is 17.0 Å². The number of alkyl halides is 2. The lowest BCUT2D eigenvalue weighted by Crippen LogP contribution is -2.50. The number of likely N-dealkylation sites (tertiary alicyclic amines) is 1. The highest BCUT2D eigenvalue weighted by Crippen LogP contribution is 2.38. The van der Waals surface area contributed by atoms with Crippen LogP contribution in [0.3, 0.4) is 0 Å². The van der Waals surface area contributed by atoms with E-state index in [2.05, 4.69) is 9.64 Å². The molecule has 138 valence electrons. The molecule has 2 fully saturated rings. The summed E-state index contributed by atoms with van der Waals surface area (Å²) in [7, 11) is 0. The SMILES string of the molecule is CC(C)(C)OC(=O)N1C[C@H]2C[C@@H]1CN2c1ccc(N)c(OC(F)F)c1. The van der Waals surface area contributed by atoms with E-state index in [0.29, 0.717) is 13.1 Å². The lowest BCUT2D eigenvalue weighted by molar-refractivity contribution is -0.0493. The van der Waals surface area contributed by atoms with Gasteiger partial charge in [0.2, 0.25) is 0 Å². The first-order valence-corrected chi connectivity index (χ1v) is 8.24. The van der Waals surface area contributed by atoms with Crippen LogP contribution in [0.1, 0.15) is 27.2 Å². The summed E-state index contributed by atoms with van der Waals surface area (Å²) < 4.78 is 34.9. The third-order valence-electron chi connectivity index (χ3n) is 4.41. The van der Waals surface area contributed by atoms with Crippen molar-refractivity contribution in [3.63, 3.8) is 0 Å². The Balaban J connectivity index is 1.70. The summed E-state index contributed by atoms with van der Waals surface area (Å²) in [5.41, 5.74) is 6.09. The van der Waals surface area contributed by atoms with Crippen LogP contribution in [0.2, 0.25) is 0 Å². The number of piperazine rings is 1. The molecule has 8 heteroatoms. The van der Waals surface area contributed by atoms with Crippen molar-refractivity contribution in [1.29, 1.82) is 0 Å². The van der Waals surface area contributed by atoms with Gasteiger partial charge in [0.25, 0.3) is 0 Å². The molecule has 2 aliphatic rings. The van der Waals surface area contributed by atoms with Crippen LogP contribution in [0.15, 0.2) is 18.2 Å². The summed E-state index contributed by atoms with van der Waals surface area (Å²) in [4.78, 5) is 16.1. The number of nitrogen functional groups attached to an aromatic ring is 1. The summed E-state index contributed by atoms with van der Waals surface area (Å²) in [5.74, 6) is -0.0285. The number of hydrogen-bond acceptors (Lipinski definition) is 5. The topological polar surface area (TPSA) is 68.0 Å². The molecule has 0 radical (unpaired) electrons. The van der Waals surface area contributed by atoms with Gasteiger partial charge in [-0.25, -0.2) is 4.79 Å². The highest BCUT2D eigenvalue weighted by atomic mass is 19.3. The van der Waals surface area contributed by atoms with E-state index in [1.165, 1.54) is 6.07 Å². The van der Waals surface area contributed by atoms with Gasteiger partial charge in [0.15, 0.2) is 5.75 Å². The molecule has 0 aromatic heterocycles. The standard InChI is InChI=1S/C17H23F2N3O3/c1-17(2,3)25-16(23)22-9-11-6-12(22)8-21(11)10-4-5-13(20)14(7-10)24-15(18)19/h4-5,7,11-12,15H,6,8-9,20H2,1-3H3/t11-,12-/m1/s1. The Bertz CT molecular complexity index is 663. The van der Waals surface area contributed by atoms with Crippen molar-refractivity contribution in [3.05, 3.63) is 18.2 Å². The number of fused-ring (bicyclic) bond motifs is 2. The van der Waals surface area contributed by atoms with Gasteiger partial charge in [-0.1, -0.05) is 0 Å². The number of ether oxygens (including phenoxy) is 2. The fourth-order valence-electron chi connectivity index (χ4n) is 3.43. The smallest absolute Gasteiger partial charge is 0.410 e. The van der Waals surface area contributed by atoms with Crippen molar-refractivity contribution in [2.45, 2.75) is 51.5 Å². The number of nitrogens with zero attached hydrogens (tertiary/aromatic N) is 2. The molecule has 1 aromatic rings. The molecule has 2 N–H and O–H groups in total. The summed E-state index contributed by atoms with van der Waals surface area (Å²) >= 11 is 0. The van der Waals surface area contributed by atoms with Crippen LogP contribution in [-0.4, -0.2) is 48.4 Å². The maximum atomic E-state index is 12.5. The van der Waals surface area contributed by atoms with E-state index in [1.807, 2.05) is 20.8 Å². The predicted molar refractivity (Wildman–Crippen MR) is 90.0 cm³/mol. The Hall–Kier alpha value is -2.25. The number of carbonyl (C=O) groups is 1. The van der Waals surface area contributed by atoms with Crippen molar-refractivity contribution in [2.75, 3.05) is 23.7 Å². The molecule has 1 aromatic carbocycles. The van der Waals surface area contributed by atoms with Crippen LogP contribution in [0.4, 0.5) is 25.0 Å². The third kappa shape index (κ3) is 3.72. The number of hydrogen-bond donors (Lipinski definition) is 1. The normalized spacial score (nSPS) is 22.6. The van der Waals surface area contributed by atoms with Gasteiger partial charge >= 0.3 is 12.7 Å². The third-order valence-corrected chi connectivity index (χ3v) is 4.41. The molecule has 25 heavy (non-hydrogen) atoms. The quantitative estimate of drug-likeness (QED) is 0.844. The summed E-state index contributed by atoms with van der Waals surface area (Å²) in [6, 6.07) is 5.05. The minimum Gasteiger partial charge on any atom is -0.444 e. The molecule has 2 heterocycles. The molecule has 6 nitrogen and oxygen atoms in total. The van der Waals surface area contributed by atoms with E-state index in [9.17, 15) is 13.6 Å². The molecule has 3 rings (SSSR count). The van der Waals surface area contributed by atoms with Gasteiger partial charge < -0.3 is 25.0 Å². The Labute approximate surface area is 145 Å². The van der Waals surface area contributed by atoms with Crippen molar-refractivity contribution in [2.24, 2.45) is 0 Å².